The highest BCUT2D eigenvalue weighted by Crippen LogP contribution is 2.12. The second-order valence-electron chi connectivity index (χ2n) is 6.63. The van der Waals surface area contributed by atoms with Gasteiger partial charge in [0, 0.05) is 31.2 Å². The highest BCUT2D eigenvalue weighted by Gasteiger charge is 2.05. The highest BCUT2D eigenvalue weighted by atomic mass is 19.1. The Balaban J connectivity index is 1.57. The number of nitrogens with zero attached hydrogens (tertiary/aromatic N) is 3. The molecule has 0 atom stereocenters. The summed E-state index contributed by atoms with van der Waals surface area (Å²) in [6.07, 6.45) is 3.38. The number of carbonyl (C=O) groups is 1. The van der Waals surface area contributed by atoms with Gasteiger partial charge in [-0.05, 0) is 48.4 Å². The fourth-order valence-electron chi connectivity index (χ4n) is 2.79. The van der Waals surface area contributed by atoms with Crippen LogP contribution in [0.3, 0.4) is 0 Å². The third-order valence-corrected chi connectivity index (χ3v) is 4.21. The first kappa shape index (κ1) is 21.0. The summed E-state index contributed by atoms with van der Waals surface area (Å²) in [5.41, 5.74) is 2.64. The van der Waals surface area contributed by atoms with E-state index in [0.717, 1.165) is 17.7 Å². The number of amides is 1. The van der Waals surface area contributed by atoms with Crippen molar-refractivity contribution >= 4 is 17.6 Å². The Morgan fingerprint density at radius 1 is 1.10 bits per heavy atom. The summed E-state index contributed by atoms with van der Waals surface area (Å²) in [6, 6.07) is 15.7. The lowest BCUT2D eigenvalue weighted by atomic mass is 10.2. The van der Waals surface area contributed by atoms with Gasteiger partial charge in [0.15, 0.2) is 5.96 Å². The molecule has 0 aliphatic heterocycles. The number of guanidine groups is 1. The summed E-state index contributed by atoms with van der Waals surface area (Å²) in [5.74, 6) is 0.263. The van der Waals surface area contributed by atoms with Gasteiger partial charge in [-0.2, -0.15) is 5.10 Å². The molecule has 7 nitrogen and oxygen atoms in total. The number of hydrogen-bond donors (Lipinski definition) is 3. The van der Waals surface area contributed by atoms with Crippen molar-refractivity contribution in [2.24, 2.45) is 4.99 Å². The molecular weight excluding hydrogens is 383 g/mol. The van der Waals surface area contributed by atoms with Crippen molar-refractivity contribution < 1.29 is 9.18 Å². The average molecular weight is 408 g/mol. The quantitative estimate of drug-likeness (QED) is 0.395. The molecule has 0 aliphatic carbocycles. The molecule has 0 radical (unpaired) electrons. The lowest BCUT2D eigenvalue weighted by Crippen LogP contribution is -2.36. The van der Waals surface area contributed by atoms with E-state index in [4.69, 9.17) is 0 Å². The molecule has 1 aromatic heterocycles. The number of hydrogen-bond acceptors (Lipinski definition) is 3. The monoisotopic (exact) mass is 408 g/mol. The van der Waals surface area contributed by atoms with Gasteiger partial charge in [0.25, 0.3) is 0 Å². The molecule has 0 saturated carbocycles. The van der Waals surface area contributed by atoms with E-state index < -0.39 is 0 Å². The number of halogens is 1. The Morgan fingerprint density at radius 3 is 2.67 bits per heavy atom. The maximum absolute atomic E-state index is 13.0. The first-order chi connectivity index (χ1) is 14.6. The summed E-state index contributed by atoms with van der Waals surface area (Å²) in [6.45, 7) is 3.86. The molecule has 0 spiro atoms. The number of nitrogens with one attached hydrogen (secondary N) is 3. The van der Waals surface area contributed by atoms with E-state index in [1.165, 1.54) is 12.1 Å². The summed E-state index contributed by atoms with van der Waals surface area (Å²) in [4.78, 5) is 16.7. The zero-order valence-corrected chi connectivity index (χ0v) is 16.8. The van der Waals surface area contributed by atoms with Crippen molar-refractivity contribution in [3.05, 3.63) is 83.9 Å². The van der Waals surface area contributed by atoms with Gasteiger partial charge in [0.05, 0.1) is 6.54 Å². The van der Waals surface area contributed by atoms with Crippen molar-refractivity contribution in [3.63, 3.8) is 0 Å². The van der Waals surface area contributed by atoms with Gasteiger partial charge in [-0.15, -0.1) is 0 Å². The predicted molar refractivity (Wildman–Crippen MR) is 115 cm³/mol. The Morgan fingerprint density at radius 2 is 1.93 bits per heavy atom. The SMILES string of the molecule is CCNC(=NCc1cccc(NC(=O)Cn2cccn2)c1)NCc1ccc(F)cc1. The number of benzene rings is 2. The van der Waals surface area contributed by atoms with Gasteiger partial charge >= 0.3 is 0 Å². The second kappa shape index (κ2) is 10.8. The van der Waals surface area contributed by atoms with Gasteiger partial charge in [-0.1, -0.05) is 24.3 Å². The molecule has 1 amide bonds. The lowest BCUT2D eigenvalue weighted by molar-refractivity contribution is -0.116. The molecule has 0 saturated heterocycles. The predicted octanol–water partition coefficient (Wildman–Crippen LogP) is 2.92. The first-order valence-electron chi connectivity index (χ1n) is 9.75. The number of anilines is 1. The molecule has 3 N–H and O–H groups in total. The first-order valence-corrected chi connectivity index (χ1v) is 9.75. The Kier molecular flexibility index (Phi) is 7.54. The van der Waals surface area contributed by atoms with Crippen molar-refractivity contribution in [1.82, 2.24) is 20.4 Å². The largest absolute Gasteiger partial charge is 0.357 e. The molecule has 1 heterocycles. The van der Waals surface area contributed by atoms with Crippen molar-refractivity contribution in [2.45, 2.75) is 26.6 Å². The molecule has 8 heteroatoms. The molecule has 30 heavy (non-hydrogen) atoms. The van der Waals surface area contributed by atoms with Gasteiger partial charge in [0.2, 0.25) is 5.91 Å². The molecule has 0 aliphatic rings. The van der Waals surface area contributed by atoms with Crippen LogP contribution in [-0.4, -0.2) is 28.2 Å². The summed E-state index contributed by atoms with van der Waals surface area (Å²) in [5, 5.41) is 13.3. The van der Waals surface area contributed by atoms with Crippen LogP contribution in [0.2, 0.25) is 0 Å². The molecule has 0 fully saturated rings. The van der Waals surface area contributed by atoms with E-state index in [2.05, 4.69) is 26.0 Å². The van der Waals surface area contributed by atoms with E-state index in [1.807, 2.05) is 31.2 Å². The van der Waals surface area contributed by atoms with E-state index in [0.29, 0.717) is 24.7 Å². The van der Waals surface area contributed by atoms with E-state index >= 15 is 0 Å². The van der Waals surface area contributed by atoms with Crippen LogP contribution in [0, 0.1) is 5.82 Å². The Bertz CT molecular complexity index is 970. The van der Waals surface area contributed by atoms with Crippen LogP contribution >= 0.6 is 0 Å². The van der Waals surface area contributed by atoms with E-state index in [9.17, 15) is 9.18 Å². The van der Waals surface area contributed by atoms with Crippen LogP contribution in [0.1, 0.15) is 18.1 Å². The molecule has 2 aromatic carbocycles. The molecule has 3 aromatic rings. The summed E-state index contributed by atoms with van der Waals surface area (Å²) in [7, 11) is 0. The Hall–Kier alpha value is -3.68. The molecule has 3 rings (SSSR count). The summed E-state index contributed by atoms with van der Waals surface area (Å²) < 4.78 is 14.6. The number of rotatable bonds is 8. The maximum Gasteiger partial charge on any atom is 0.246 e. The Labute approximate surface area is 175 Å². The van der Waals surface area contributed by atoms with Crippen LogP contribution in [0.25, 0.3) is 0 Å². The third kappa shape index (κ3) is 6.73. The van der Waals surface area contributed by atoms with E-state index in [1.54, 1.807) is 35.3 Å². The highest BCUT2D eigenvalue weighted by molar-refractivity contribution is 5.90. The van der Waals surface area contributed by atoms with Crippen LogP contribution in [-0.2, 0) is 24.4 Å². The van der Waals surface area contributed by atoms with Gasteiger partial charge in [-0.3, -0.25) is 9.48 Å². The van der Waals surface area contributed by atoms with Crippen LogP contribution in [0.5, 0.6) is 0 Å². The maximum atomic E-state index is 13.0. The van der Waals surface area contributed by atoms with Crippen LogP contribution in [0.15, 0.2) is 72.0 Å². The van der Waals surface area contributed by atoms with E-state index in [-0.39, 0.29) is 18.3 Å². The van der Waals surface area contributed by atoms with Gasteiger partial charge in [0.1, 0.15) is 12.4 Å². The van der Waals surface area contributed by atoms with Crippen LogP contribution in [0.4, 0.5) is 10.1 Å². The number of carbonyl (C=O) groups excluding carboxylic acids is 1. The van der Waals surface area contributed by atoms with Crippen LogP contribution < -0.4 is 16.0 Å². The average Bonchev–Trinajstić information content (AvgIpc) is 3.24. The standard InChI is InChI=1S/C22H25FN6O/c1-2-24-22(25-14-17-7-9-19(23)10-8-17)26-15-18-5-3-6-20(13-18)28-21(30)16-29-12-4-11-27-29/h3-13H,2,14-16H2,1H3,(H,28,30)(H2,24,25,26). The fraction of sp³-hybridized carbons (Fsp3) is 0.227. The lowest BCUT2D eigenvalue weighted by Gasteiger charge is -2.12. The summed E-state index contributed by atoms with van der Waals surface area (Å²) >= 11 is 0. The second-order valence-corrected chi connectivity index (χ2v) is 6.63. The normalized spacial score (nSPS) is 11.2. The molecule has 0 bridgehead atoms. The van der Waals surface area contributed by atoms with Gasteiger partial charge < -0.3 is 16.0 Å². The number of aromatic nitrogens is 2. The van der Waals surface area contributed by atoms with Crippen molar-refractivity contribution in [3.8, 4) is 0 Å². The molecule has 156 valence electrons. The minimum Gasteiger partial charge on any atom is -0.357 e. The number of aliphatic imine (C=N–C) groups is 1. The van der Waals surface area contributed by atoms with Crippen molar-refractivity contribution in [1.29, 1.82) is 0 Å². The van der Waals surface area contributed by atoms with Crippen molar-refractivity contribution in [2.75, 3.05) is 11.9 Å². The molecule has 0 unspecified atom stereocenters. The van der Waals surface area contributed by atoms with Gasteiger partial charge in [-0.25, -0.2) is 9.38 Å². The fourth-order valence-corrected chi connectivity index (χ4v) is 2.79. The zero-order valence-electron chi connectivity index (χ0n) is 16.8. The minimum atomic E-state index is -0.254. The zero-order chi connectivity index (χ0) is 21.2. The minimum absolute atomic E-state index is 0.145. The molecular formula is C22H25FN6O. The smallest absolute Gasteiger partial charge is 0.246 e. The third-order valence-electron chi connectivity index (χ3n) is 4.21. The topological polar surface area (TPSA) is 83.3 Å².